The van der Waals surface area contributed by atoms with Crippen LogP contribution in [0.15, 0.2) is 28.0 Å². The van der Waals surface area contributed by atoms with Gasteiger partial charge in [0, 0.05) is 30.4 Å². The summed E-state index contributed by atoms with van der Waals surface area (Å²) in [5, 5.41) is 6.55. The molecule has 4 nitrogen and oxygen atoms in total. The highest BCUT2D eigenvalue weighted by atomic mass is 127. The number of thioether (sulfide) groups is 1. The molecule has 0 aliphatic carbocycles. The van der Waals surface area contributed by atoms with Crippen molar-refractivity contribution in [1.82, 2.24) is 10.6 Å². The summed E-state index contributed by atoms with van der Waals surface area (Å²) in [6, 6.07) is 1.94. The number of hydrogen-bond acceptors (Lipinski definition) is 3. The largest absolute Gasteiger partial charge is 0.472 e. The van der Waals surface area contributed by atoms with Gasteiger partial charge in [-0.15, -0.1) is 24.0 Å². The Kier molecular flexibility index (Phi) is 8.51. The Hall–Kier alpha value is -0.370. The predicted molar refractivity (Wildman–Crippen MR) is 89.9 cm³/mol. The Balaban J connectivity index is 0.00000289. The monoisotopic (exact) mass is 383 g/mol. The second-order valence-electron chi connectivity index (χ2n) is 4.37. The van der Waals surface area contributed by atoms with E-state index < -0.39 is 0 Å². The van der Waals surface area contributed by atoms with Gasteiger partial charge in [0.1, 0.15) is 0 Å². The molecule has 1 aromatic rings. The van der Waals surface area contributed by atoms with Crippen LogP contribution in [0.2, 0.25) is 0 Å². The van der Waals surface area contributed by atoms with Crippen LogP contribution in [0.1, 0.15) is 19.4 Å². The molecule has 0 saturated heterocycles. The highest BCUT2D eigenvalue weighted by molar-refractivity contribution is 14.0. The summed E-state index contributed by atoms with van der Waals surface area (Å²) < 4.78 is 5.21. The molecule has 0 amide bonds. The van der Waals surface area contributed by atoms with E-state index in [1.807, 2.05) is 17.8 Å². The summed E-state index contributed by atoms with van der Waals surface area (Å²) in [7, 11) is 1.77. The number of aliphatic imine (C=N–C) groups is 1. The van der Waals surface area contributed by atoms with Gasteiger partial charge in [-0.1, -0.05) is 0 Å². The van der Waals surface area contributed by atoms with E-state index in [1.165, 1.54) is 0 Å². The number of nitrogens with zero attached hydrogens (tertiary/aromatic N) is 1. The minimum atomic E-state index is 0. The number of rotatable bonds is 5. The quantitative estimate of drug-likeness (QED) is 0.467. The summed E-state index contributed by atoms with van der Waals surface area (Å²) >= 11 is 1.84. The first kappa shape index (κ1) is 17.6. The van der Waals surface area contributed by atoms with Crippen molar-refractivity contribution >= 4 is 41.7 Å². The summed E-state index contributed by atoms with van der Waals surface area (Å²) in [6.07, 6.45) is 5.51. The number of guanidine groups is 1. The number of furan rings is 1. The van der Waals surface area contributed by atoms with Gasteiger partial charge in [0.15, 0.2) is 5.96 Å². The van der Waals surface area contributed by atoms with E-state index in [1.54, 1.807) is 19.6 Å². The topological polar surface area (TPSA) is 49.6 Å². The maximum absolute atomic E-state index is 5.01. The van der Waals surface area contributed by atoms with Crippen molar-refractivity contribution in [3.8, 4) is 0 Å². The summed E-state index contributed by atoms with van der Waals surface area (Å²) in [4.78, 5) is 4.18. The fourth-order valence-electron chi connectivity index (χ4n) is 1.17. The zero-order valence-electron chi connectivity index (χ0n) is 11.3. The minimum absolute atomic E-state index is 0. The van der Waals surface area contributed by atoms with E-state index in [-0.39, 0.29) is 28.7 Å². The number of halogens is 1. The summed E-state index contributed by atoms with van der Waals surface area (Å²) in [5.41, 5.74) is 1.11. The van der Waals surface area contributed by atoms with E-state index in [9.17, 15) is 0 Å². The second-order valence-corrected chi connectivity index (χ2v) is 5.89. The standard InChI is InChI=1S/C12H21N3OS.HI/c1-12(2,17-4)9-15-11(13-3)14-7-10-5-6-16-8-10;/h5-6,8H,7,9H2,1-4H3,(H2,13,14,15);1H. The van der Waals surface area contributed by atoms with Gasteiger partial charge in [-0.05, 0) is 26.2 Å². The highest BCUT2D eigenvalue weighted by Gasteiger charge is 2.15. The molecule has 1 rings (SSSR count). The molecule has 0 radical (unpaired) electrons. The maximum Gasteiger partial charge on any atom is 0.191 e. The lowest BCUT2D eigenvalue weighted by Gasteiger charge is -2.23. The van der Waals surface area contributed by atoms with E-state index in [2.05, 4.69) is 35.7 Å². The Bertz CT molecular complexity index is 352. The highest BCUT2D eigenvalue weighted by Crippen LogP contribution is 2.19. The summed E-state index contributed by atoms with van der Waals surface area (Å²) in [6.45, 7) is 6.00. The van der Waals surface area contributed by atoms with E-state index in [4.69, 9.17) is 4.42 Å². The van der Waals surface area contributed by atoms with Crippen LogP contribution in [0, 0.1) is 0 Å². The van der Waals surface area contributed by atoms with Crippen LogP contribution in [0.4, 0.5) is 0 Å². The molecule has 6 heteroatoms. The van der Waals surface area contributed by atoms with Gasteiger partial charge in [0.25, 0.3) is 0 Å². The predicted octanol–water partition coefficient (Wildman–Crippen LogP) is 2.70. The van der Waals surface area contributed by atoms with Crippen LogP contribution >= 0.6 is 35.7 Å². The van der Waals surface area contributed by atoms with Gasteiger partial charge in [-0.2, -0.15) is 11.8 Å². The van der Waals surface area contributed by atoms with Crippen LogP contribution in [0.5, 0.6) is 0 Å². The van der Waals surface area contributed by atoms with Crippen molar-refractivity contribution in [2.24, 2.45) is 4.99 Å². The first-order chi connectivity index (χ1) is 8.07. The van der Waals surface area contributed by atoms with Crippen molar-refractivity contribution in [1.29, 1.82) is 0 Å². The van der Waals surface area contributed by atoms with Gasteiger partial charge in [0.2, 0.25) is 0 Å². The van der Waals surface area contributed by atoms with Crippen LogP contribution in [0.3, 0.4) is 0 Å². The molecule has 2 N–H and O–H groups in total. The average molecular weight is 383 g/mol. The third-order valence-electron chi connectivity index (χ3n) is 2.50. The molecule has 104 valence electrons. The van der Waals surface area contributed by atoms with Gasteiger partial charge < -0.3 is 15.1 Å². The fraction of sp³-hybridized carbons (Fsp3) is 0.583. The van der Waals surface area contributed by atoms with Crippen LogP contribution < -0.4 is 10.6 Å². The Morgan fingerprint density at radius 1 is 1.44 bits per heavy atom. The Labute approximate surface area is 130 Å². The first-order valence-corrected chi connectivity index (χ1v) is 6.80. The Morgan fingerprint density at radius 2 is 2.17 bits per heavy atom. The molecule has 0 aliphatic heterocycles. The molecule has 0 saturated carbocycles. The molecule has 0 bridgehead atoms. The van der Waals surface area contributed by atoms with Crippen molar-refractivity contribution in [3.63, 3.8) is 0 Å². The van der Waals surface area contributed by atoms with Gasteiger partial charge >= 0.3 is 0 Å². The van der Waals surface area contributed by atoms with Crippen molar-refractivity contribution < 1.29 is 4.42 Å². The molecule has 0 fully saturated rings. The van der Waals surface area contributed by atoms with Crippen LogP contribution in [0.25, 0.3) is 0 Å². The lowest BCUT2D eigenvalue weighted by atomic mass is 10.2. The number of hydrogen-bond donors (Lipinski definition) is 2. The van der Waals surface area contributed by atoms with E-state index >= 15 is 0 Å². The molecule has 0 atom stereocenters. The van der Waals surface area contributed by atoms with Crippen molar-refractivity contribution in [2.75, 3.05) is 19.8 Å². The average Bonchev–Trinajstić information content (AvgIpc) is 2.82. The third-order valence-corrected chi connectivity index (χ3v) is 3.75. The van der Waals surface area contributed by atoms with Crippen molar-refractivity contribution in [3.05, 3.63) is 24.2 Å². The molecular formula is C12H22IN3OS. The minimum Gasteiger partial charge on any atom is -0.472 e. The third kappa shape index (κ3) is 6.53. The second kappa shape index (κ2) is 8.68. The lowest BCUT2D eigenvalue weighted by Crippen LogP contribution is -2.42. The van der Waals surface area contributed by atoms with Crippen molar-refractivity contribution in [2.45, 2.75) is 25.1 Å². The lowest BCUT2D eigenvalue weighted by molar-refractivity contribution is 0.563. The zero-order chi connectivity index (χ0) is 12.7. The normalized spacial score (nSPS) is 11.9. The van der Waals surface area contributed by atoms with Gasteiger partial charge in [0.05, 0.1) is 12.5 Å². The van der Waals surface area contributed by atoms with E-state index in [0.29, 0.717) is 0 Å². The molecule has 18 heavy (non-hydrogen) atoms. The van der Waals surface area contributed by atoms with Gasteiger partial charge in [-0.25, -0.2) is 0 Å². The summed E-state index contributed by atoms with van der Waals surface area (Å²) in [5.74, 6) is 0.813. The van der Waals surface area contributed by atoms with Crippen LogP contribution in [-0.2, 0) is 6.54 Å². The molecule has 1 aromatic heterocycles. The molecular weight excluding hydrogens is 361 g/mol. The zero-order valence-corrected chi connectivity index (χ0v) is 14.5. The number of nitrogens with one attached hydrogen (secondary N) is 2. The first-order valence-electron chi connectivity index (χ1n) is 5.58. The smallest absolute Gasteiger partial charge is 0.191 e. The van der Waals surface area contributed by atoms with Crippen LogP contribution in [-0.4, -0.2) is 30.6 Å². The molecule has 1 heterocycles. The molecule has 0 unspecified atom stereocenters. The fourth-order valence-corrected chi connectivity index (χ4v) is 1.38. The maximum atomic E-state index is 5.01. The van der Waals surface area contributed by atoms with E-state index in [0.717, 1.165) is 24.6 Å². The van der Waals surface area contributed by atoms with Gasteiger partial charge in [-0.3, -0.25) is 4.99 Å². The molecule has 0 aliphatic rings. The Morgan fingerprint density at radius 3 is 2.67 bits per heavy atom. The molecule has 0 aromatic carbocycles. The SMILES string of the molecule is CN=C(NCc1ccoc1)NCC(C)(C)SC.I. The molecule has 0 spiro atoms.